The molecule has 1 saturated heterocycles. The molecule has 1 heterocycles. The van der Waals surface area contributed by atoms with Crippen LogP contribution in [0, 0.1) is 0 Å². The van der Waals surface area contributed by atoms with E-state index in [1.807, 2.05) is 6.08 Å². The number of amides is 1. The summed E-state index contributed by atoms with van der Waals surface area (Å²) in [4.78, 5) is 13.0. The van der Waals surface area contributed by atoms with Crippen LogP contribution in [0.3, 0.4) is 0 Å². The summed E-state index contributed by atoms with van der Waals surface area (Å²) in [5.41, 5.74) is 0. The predicted octanol–water partition coefficient (Wildman–Crippen LogP) is 7.86. The lowest BCUT2D eigenvalue weighted by atomic mass is 9.99. The van der Waals surface area contributed by atoms with Crippen molar-refractivity contribution in [1.82, 2.24) is 5.32 Å². The fourth-order valence-electron chi connectivity index (χ4n) is 6.82. The number of nitrogens with one attached hydrogen (secondary N) is 1. The van der Waals surface area contributed by atoms with Gasteiger partial charge in [0.1, 0.15) is 30.5 Å². The zero-order chi connectivity index (χ0) is 40.4. The minimum Gasteiger partial charge on any atom is -0.394 e. The van der Waals surface area contributed by atoms with Crippen molar-refractivity contribution in [3.63, 3.8) is 0 Å². The highest BCUT2D eigenvalue weighted by Crippen LogP contribution is 2.22. The van der Waals surface area contributed by atoms with Crippen molar-refractivity contribution >= 4 is 5.91 Å². The number of carbonyl (C=O) groups is 1. The molecule has 55 heavy (non-hydrogen) atoms. The Balaban J connectivity index is 2.44. The average molecular weight is 782 g/mol. The summed E-state index contributed by atoms with van der Waals surface area (Å²) in [6, 6.07) is -0.997. The number of unbranched alkanes of at least 4 members (excludes halogenated alkanes) is 21. The number of allylic oxidation sites excluding steroid dienone is 5. The zero-order valence-corrected chi connectivity index (χ0v) is 34.8. The first kappa shape index (κ1) is 51.4. The second-order valence-corrected chi connectivity index (χ2v) is 15.6. The van der Waals surface area contributed by atoms with Crippen LogP contribution in [0.5, 0.6) is 0 Å². The molecular formula is C45H83NO9. The smallest absolute Gasteiger partial charge is 0.249 e. The van der Waals surface area contributed by atoms with Crippen LogP contribution in [0.1, 0.15) is 181 Å². The fourth-order valence-corrected chi connectivity index (χ4v) is 6.82. The second-order valence-electron chi connectivity index (χ2n) is 15.6. The van der Waals surface area contributed by atoms with Gasteiger partial charge in [-0.15, -0.1) is 0 Å². The quantitative estimate of drug-likeness (QED) is 0.0247. The molecule has 0 bridgehead atoms. The normalized spacial score (nSPS) is 22.2. The molecule has 0 aromatic heterocycles. The van der Waals surface area contributed by atoms with E-state index in [0.717, 1.165) is 38.5 Å². The van der Waals surface area contributed by atoms with E-state index >= 15 is 0 Å². The molecule has 322 valence electrons. The molecule has 7 N–H and O–H groups in total. The highest BCUT2D eigenvalue weighted by Gasteiger charge is 2.44. The van der Waals surface area contributed by atoms with Crippen LogP contribution < -0.4 is 5.32 Å². The van der Waals surface area contributed by atoms with Gasteiger partial charge < -0.3 is 45.4 Å². The number of hydrogen-bond donors (Lipinski definition) is 7. The summed E-state index contributed by atoms with van der Waals surface area (Å²) in [5.74, 6) is -0.633. The largest absolute Gasteiger partial charge is 0.394 e. The maximum atomic E-state index is 13.0. The molecule has 1 rings (SSSR count). The van der Waals surface area contributed by atoms with Gasteiger partial charge >= 0.3 is 0 Å². The molecule has 0 aliphatic carbocycles. The molecule has 1 aliphatic heterocycles. The molecule has 8 atom stereocenters. The molecule has 0 spiro atoms. The van der Waals surface area contributed by atoms with Crippen LogP contribution in [-0.4, -0.2) is 98.7 Å². The van der Waals surface area contributed by atoms with Gasteiger partial charge in [0.25, 0.3) is 0 Å². The molecule has 1 amide bonds. The summed E-state index contributed by atoms with van der Waals surface area (Å²) in [5, 5.41) is 64.5. The molecule has 0 aromatic rings. The number of hydrogen-bond acceptors (Lipinski definition) is 9. The van der Waals surface area contributed by atoms with Gasteiger partial charge in [0, 0.05) is 0 Å². The molecule has 1 aliphatic rings. The van der Waals surface area contributed by atoms with Crippen molar-refractivity contribution in [3.8, 4) is 0 Å². The Kier molecular flexibility index (Phi) is 33.2. The number of rotatable bonds is 36. The van der Waals surface area contributed by atoms with Crippen LogP contribution >= 0.6 is 0 Å². The monoisotopic (exact) mass is 782 g/mol. The predicted molar refractivity (Wildman–Crippen MR) is 222 cm³/mol. The molecule has 8 unspecified atom stereocenters. The van der Waals surface area contributed by atoms with Gasteiger partial charge in [0.15, 0.2) is 6.29 Å². The van der Waals surface area contributed by atoms with Crippen molar-refractivity contribution in [2.24, 2.45) is 0 Å². The molecule has 0 aromatic carbocycles. The van der Waals surface area contributed by atoms with Gasteiger partial charge in [-0.05, 0) is 57.8 Å². The SMILES string of the molecule is CCCCCCCC/C=C/CC/C=C/C(O)C(COC1OC(CO)C(O)C(O)C1O)NC(=O)C(O)CCCCCCCC/C=C\CCCCCCCCCC. The van der Waals surface area contributed by atoms with E-state index in [4.69, 9.17) is 9.47 Å². The van der Waals surface area contributed by atoms with E-state index in [0.29, 0.717) is 19.3 Å². The first-order valence-corrected chi connectivity index (χ1v) is 22.3. The van der Waals surface area contributed by atoms with E-state index in [9.17, 15) is 35.4 Å². The van der Waals surface area contributed by atoms with E-state index in [2.05, 4.69) is 43.5 Å². The number of ether oxygens (including phenoxy) is 2. The number of carbonyl (C=O) groups excluding carboxylic acids is 1. The number of aliphatic hydroxyl groups is 6. The maximum Gasteiger partial charge on any atom is 0.249 e. The first-order chi connectivity index (χ1) is 26.8. The summed E-state index contributed by atoms with van der Waals surface area (Å²) in [6.07, 6.45) is 32.3. The molecule has 1 fully saturated rings. The minimum atomic E-state index is -1.61. The molecule has 0 saturated carbocycles. The minimum absolute atomic E-state index is 0.296. The topological polar surface area (TPSA) is 169 Å². The van der Waals surface area contributed by atoms with Gasteiger partial charge in [-0.1, -0.05) is 159 Å². The lowest BCUT2D eigenvalue weighted by Crippen LogP contribution is -2.60. The van der Waals surface area contributed by atoms with Crippen molar-refractivity contribution in [2.75, 3.05) is 13.2 Å². The molecule has 10 heteroatoms. The zero-order valence-electron chi connectivity index (χ0n) is 34.8. The Morgan fingerprint density at radius 1 is 0.618 bits per heavy atom. The van der Waals surface area contributed by atoms with Crippen LogP contribution in [0.15, 0.2) is 36.5 Å². The Morgan fingerprint density at radius 2 is 1.07 bits per heavy atom. The maximum absolute atomic E-state index is 13.0. The van der Waals surface area contributed by atoms with Gasteiger partial charge in [0.2, 0.25) is 5.91 Å². The third-order valence-corrected chi connectivity index (χ3v) is 10.5. The van der Waals surface area contributed by atoms with E-state index < -0.39 is 61.5 Å². The van der Waals surface area contributed by atoms with Crippen LogP contribution in [-0.2, 0) is 14.3 Å². The van der Waals surface area contributed by atoms with Gasteiger partial charge in [0.05, 0.1) is 25.4 Å². The Morgan fingerprint density at radius 3 is 1.58 bits per heavy atom. The Labute approximate surface area is 334 Å². The molecule has 0 radical (unpaired) electrons. The highest BCUT2D eigenvalue weighted by molar-refractivity contribution is 5.80. The summed E-state index contributed by atoms with van der Waals surface area (Å²) >= 11 is 0. The lowest BCUT2D eigenvalue weighted by Gasteiger charge is -2.40. The van der Waals surface area contributed by atoms with Crippen molar-refractivity contribution in [1.29, 1.82) is 0 Å². The van der Waals surface area contributed by atoms with Crippen molar-refractivity contribution < 1.29 is 44.9 Å². The highest BCUT2D eigenvalue weighted by atomic mass is 16.7. The van der Waals surface area contributed by atoms with Gasteiger partial charge in [-0.2, -0.15) is 0 Å². The second kappa shape index (κ2) is 35.5. The van der Waals surface area contributed by atoms with Gasteiger partial charge in [-0.3, -0.25) is 4.79 Å². The van der Waals surface area contributed by atoms with Crippen molar-refractivity contribution in [3.05, 3.63) is 36.5 Å². The Bertz CT molecular complexity index is 974. The van der Waals surface area contributed by atoms with E-state index in [1.165, 1.54) is 109 Å². The first-order valence-electron chi connectivity index (χ1n) is 22.3. The molecule has 10 nitrogen and oxygen atoms in total. The van der Waals surface area contributed by atoms with Crippen LogP contribution in [0.4, 0.5) is 0 Å². The third kappa shape index (κ3) is 26.1. The van der Waals surface area contributed by atoms with Gasteiger partial charge in [-0.25, -0.2) is 0 Å². The van der Waals surface area contributed by atoms with E-state index in [1.54, 1.807) is 6.08 Å². The Hall–Kier alpha value is -1.63. The fraction of sp³-hybridized carbons (Fsp3) is 0.844. The van der Waals surface area contributed by atoms with Crippen LogP contribution in [0.25, 0.3) is 0 Å². The van der Waals surface area contributed by atoms with E-state index in [-0.39, 0.29) is 6.61 Å². The van der Waals surface area contributed by atoms with Crippen LogP contribution in [0.2, 0.25) is 0 Å². The summed E-state index contributed by atoms with van der Waals surface area (Å²) in [7, 11) is 0. The lowest BCUT2D eigenvalue weighted by molar-refractivity contribution is -0.302. The molecular weight excluding hydrogens is 698 g/mol. The van der Waals surface area contributed by atoms with Crippen molar-refractivity contribution in [2.45, 2.75) is 230 Å². The summed E-state index contributed by atoms with van der Waals surface area (Å²) < 4.78 is 11.1. The summed E-state index contributed by atoms with van der Waals surface area (Å²) in [6.45, 7) is 3.55. The average Bonchev–Trinajstić information content (AvgIpc) is 3.18. The number of aliphatic hydroxyl groups excluding tert-OH is 6. The third-order valence-electron chi connectivity index (χ3n) is 10.5. The standard InChI is InChI=1S/C45H83NO9/c1-3-5-7-9-11-13-15-17-18-19-20-21-22-24-26-28-30-32-34-39(49)44(53)46-37(36-54-45-43(52)42(51)41(50)40(35-47)55-45)38(48)33-31-29-27-25-23-16-14-12-10-8-6-4-2/h19-20,23,25,31,33,37-43,45,47-52H,3-18,21-22,24,26-30,32,34-36H2,1-2H3,(H,46,53)/b20-19-,25-23+,33-31+.